The van der Waals surface area contributed by atoms with Crippen LogP contribution >= 0.6 is 0 Å². The van der Waals surface area contributed by atoms with Crippen LogP contribution in [-0.2, 0) is 6.54 Å². The van der Waals surface area contributed by atoms with E-state index < -0.39 is 0 Å². The minimum atomic E-state index is -0.261. The summed E-state index contributed by atoms with van der Waals surface area (Å²) in [7, 11) is 0. The van der Waals surface area contributed by atoms with Crippen LogP contribution in [0.4, 0.5) is 0 Å². The van der Waals surface area contributed by atoms with Crippen LogP contribution < -0.4 is 0 Å². The zero-order valence-corrected chi connectivity index (χ0v) is 17.3. The highest BCUT2D eigenvalue weighted by Gasteiger charge is 2.34. The predicted octanol–water partition coefficient (Wildman–Crippen LogP) is 5.93. The highest BCUT2D eigenvalue weighted by Crippen LogP contribution is 2.33. The van der Waals surface area contributed by atoms with Crippen LogP contribution in [-0.4, -0.2) is 21.1 Å². The molecule has 6 rings (SSSR count). The molecule has 0 fully saturated rings. The summed E-state index contributed by atoms with van der Waals surface area (Å²) in [4.78, 5) is 30.8. The van der Waals surface area contributed by atoms with Crippen molar-refractivity contribution in [2.24, 2.45) is 0 Å². The predicted molar refractivity (Wildman–Crippen MR) is 124 cm³/mol. The van der Waals surface area contributed by atoms with Gasteiger partial charge in [-0.1, -0.05) is 54.6 Å². The summed E-state index contributed by atoms with van der Waals surface area (Å²) in [5.41, 5.74) is 3.32. The highest BCUT2D eigenvalue weighted by molar-refractivity contribution is 6.42. The maximum Gasteiger partial charge on any atom is 0.245 e. The van der Waals surface area contributed by atoms with Crippen LogP contribution in [0.25, 0.3) is 39.4 Å². The highest BCUT2D eigenvalue weighted by atomic mass is 16.3. The van der Waals surface area contributed by atoms with Crippen LogP contribution in [0.5, 0.6) is 0 Å². The molecule has 0 spiro atoms. The average molecular weight is 418 g/mol. The van der Waals surface area contributed by atoms with E-state index in [0.717, 1.165) is 27.6 Å². The molecule has 5 nitrogen and oxygen atoms in total. The molecule has 154 valence electrons. The van der Waals surface area contributed by atoms with Gasteiger partial charge < -0.3 is 8.98 Å². The molecule has 1 aliphatic carbocycles. The molecule has 0 unspecified atom stereocenters. The summed E-state index contributed by atoms with van der Waals surface area (Å²) in [6.45, 7) is 2.63. The summed E-state index contributed by atoms with van der Waals surface area (Å²) in [6.07, 6.45) is 1.59. The summed E-state index contributed by atoms with van der Waals surface area (Å²) >= 11 is 0. The van der Waals surface area contributed by atoms with Crippen molar-refractivity contribution in [2.75, 3.05) is 0 Å². The van der Waals surface area contributed by atoms with Crippen molar-refractivity contribution in [3.8, 4) is 11.3 Å². The molecular formula is C27H18N2O3. The lowest BCUT2D eigenvalue weighted by molar-refractivity contribution is 0.0990. The van der Waals surface area contributed by atoms with Gasteiger partial charge in [0.05, 0.1) is 5.57 Å². The number of carbonyl (C=O) groups is 2. The van der Waals surface area contributed by atoms with Crippen LogP contribution in [0.15, 0.2) is 82.8 Å². The number of carbonyl (C=O) groups excluding carboxylic acids is 2. The Bertz CT molecular complexity index is 1530. The fourth-order valence-corrected chi connectivity index (χ4v) is 4.39. The number of aryl methyl sites for hydroxylation is 1. The van der Waals surface area contributed by atoms with Crippen molar-refractivity contribution >= 4 is 39.6 Å². The second-order valence-corrected chi connectivity index (χ2v) is 7.84. The maximum atomic E-state index is 13.1. The largest absolute Gasteiger partial charge is 0.436 e. The fraction of sp³-hybridized carbons (Fsp3) is 0.0741. The van der Waals surface area contributed by atoms with Crippen molar-refractivity contribution in [2.45, 2.75) is 13.5 Å². The minimum absolute atomic E-state index is 0.140. The maximum absolute atomic E-state index is 13.1. The molecule has 0 radical (unpaired) electrons. The molecule has 5 heteroatoms. The van der Waals surface area contributed by atoms with Gasteiger partial charge in [-0.15, -0.1) is 0 Å². The van der Waals surface area contributed by atoms with E-state index in [4.69, 9.17) is 4.42 Å². The quantitative estimate of drug-likeness (QED) is 0.269. The Morgan fingerprint density at radius 1 is 0.875 bits per heavy atom. The first kappa shape index (κ1) is 18.5. The topological polar surface area (TPSA) is 65.1 Å². The molecular weight excluding hydrogens is 400 g/mol. The molecule has 5 aromatic rings. The van der Waals surface area contributed by atoms with E-state index in [9.17, 15) is 9.59 Å². The SMILES string of the molecule is CCn1c(C=C2C(=O)c3cc4ccccc4cc3C2=O)nc2oc(-c3ccccc3)cc21. The zero-order chi connectivity index (χ0) is 21.8. The molecule has 0 saturated carbocycles. The Labute approximate surface area is 183 Å². The molecule has 2 aromatic heterocycles. The van der Waals surface area contributed by atoms with E-state index in [2.05, 4.69) is 4.98 Å². The molecule has 32 heavy (non-hydrogen) atoms. The number of rotatable bonds is 3. The number of furan rings is 1. The van der Waals surface area contributed by atoms with E-state index >= 15 is 0 Å². The molecule has 0 atom stereocenters. The summed E-state index contributed by atoms with van der Waals surface area (Å²) < 4.78 is 7.94. The van der Waals surface area contributed by atoms with Crippen molar-refractivity contribution in [3.63, 3.8) is 0 Å². The standard InChI is InChI=1S/C27H18N2O3/c1-2-29-22-15-23(16-8-4-3-5-9-16)32-27(22)28-24(29)14-21-25(30)19-12-17-10-6-7-11-18(17)13-20(19)26(21)31/h3-15H,2H2,1H3. The van der Waals surface area contributed by atoms with Crippen LogP contribution in [0.1, 0.15) is 33.5 Å². The lowest BCUT2D eigenvalue weighted by atomic mass is 10.0. The number of allylic oxidation sites excluding steroid dienone is 1. The van der Waals surface area contributed by atoms with Gasteiger partial charge in [0.15, 0.2) is 11.6 Å². The summed E-state index contributed by atoms with van der Waals surface area (Å²) in [5.74, 6) is 0.748. The monoisotopic (exact) mass is 418 g/mol. The van der Waals surface area contributed by atoms with Gasteiger partial charge in [0.2, 0.25) is 5.71 Å². The van der Waals surface area contributed by atoms with Gasteiger partial charge >= 0.3 is 0 Å². The first-order chi connectivity index (χ1) is 15.6. The Hall–Kier alpha value is -4.25. The van der Waals surface area contributed by atoms with Crippen molar-refractivity contribution in [1.29, 1.82) is 0 Å². The molecule has 0 amide bonds. The number of fused-ring (bicyclic) bond motifs is 3. The molecule has 0 N–H and O–H groups in total. The average Bonchev–Trinajstić information content (AvgIpc) is 3.45. The zero-order valence-electron chi connectivity index (χ0n) is 17.3. The Kier molecular flexibility index (Phi) is 3.98. The second-order valence-electron chi connectivity index (χ2n) is 7.84. The number of hydrogen-bond donors (Lipinski definition) is 0. The number of benzene rings is 3. The van der Waals surface area contributed by atoms with Gasteiger partial charge in [-0.05, 0) is 35.9 Å². The Balaban J connectivity index is 1.45. The van der Waals surface area contributed by atoms with Gasteiger partial charge in [0, 0.05) is 29.3 Å². The number of hydrogen-bond acceptors (Lipinski definition) is 4. The molecule has 1 aliphatic rings. The van der Waals surface area contributed by atoms with Gasteiger partial charge in [0.25, 0.3) is 0 Å². The Morgan fingerprint density at radius 3 is 2.12 bits per heavy atom. The first-order valence-electron chi connectivity index (χ1n) is 10.5. The van der Waals surface area contributed by atoms with Gasteiger partial charge in [0.1, 0.15) is 17.1 Å². The van der Waals surface area contributed by atoms with Crippen molar-refractivity contribution in [3.05, 3.63) is 95.3 Å². The summed E-state index contributed by atoms with van der Waals surface area (Å²) in [5, 5.41) is 1.88. The molecule has 0 bridgehead atoms. The number of Topliss-reactive ketones (excluding diaryl/α,β-unsaturated/α-hetero) is 2. The summed E-state index contributed by atoms with van der Waals surface area (Å²) in [6, 6.07) is 23.1. The minimum Gasteiger partial charge on any atom is -0.436 e. The number of nitrogens with zero attached hydrogens (tertiary/aromatic N) is 2. The third-order valence-electron chi connectivity index (χ3n) is 5.99. The Morgan fingerprint density at radius 2 is 1.50 bits per heavy atom. The number of imidazole rings is 1. The second kappa shape index (κ2) is 6.89. The van der Waals surface area contributed by atoms with Crippen LogP contribution in [0, 0.1) is 0 Å². The van der Waals surface area contributed by atoms with Gasteiger partial charge in [-0.3, -0.25) is 9.59 Å². The van der Waals surface area contributed by atoms with E-state index in [-0.39, 0.29) is 17.1 Å². The van der Waals surface area contributed by atoms with E-state index in [0.29, 0.717) is 29.2 Å². The normalized spacial score (nSPS) is 13.3. The lowest BCUT2D eigenvalue weighted by Gasteiger charge is -2.02. The van der Waals surface area contributed by atoms with E-state index in [1.165, 1.54) is 0 Å². The smallest absolute Gasteiger partial charge is 0.245 e. The third-order valence-corrected chi connectivity index (χ3v) is 5.99. The van der Waals surface area contributed by atoms with Crippen LogP contribution in [0.3, 0.4) is 0 Å². The number of ketones is 2. The molecule has 0 saturated heterocycles. The van der Waals surface area contributed by atoms with Crippen LogP contribution in [0.2, 0.25) is 0 Å². The molecule has 3 aromatic carbocycles. The number of aromatic nitrogens is 2. The third kappa shape index (κ3) is 2.68. The van der Waals surface area contributed by atoms with Gasteiger partial charge in [-0.2, -0.15) is 4.98 Å². The van der Waals surface area contributed by atoms with Gasteiger partial charge in [-0.25, -0.2) is 0 Å². The molecule has 2 heterocycles. The van der Waals surface area contributed by atoms with Crippen molar-refractivity contribution < 1.29 is 14.0 Å². The van der Waals surface area contributed by atoms with Crippen molar-refractivity contribution in [1.82, 2.24) is 9.55 Å². The van der Waals surface area contributed by atoms with E-state index in [1.54, 1.807) is 18.2 Å². The van der Waals surface area contributed by atoms with E-state index in [1.807, 2.05) is 72.2 Å². The molecule has 0 aliphatic heterocycles. The fourth-order valence-electron chi connectivity index (χ4n) is 4.39. The lowest BCUT2D eigenvalue weighted by Crippen LogP contribution is -2.03. The first-order valence-corrected chi connectivity index (χ1v) is 10.5.